The van der Waals surface area contributed by atoms with Crippen molar-refractivity contribution in [1.29, 1.82) is 0 Å². The van der Waals surface area contributed by atoms with Crippen LogP contribution in [-0.4, -0.2) is 44.7 Å². The minimum absolute atomic E-state index is 0.0504. The normalized spacial score (nSPS) is 19.1. The molecule has 0 radical (unpaired) electrons. The van der Waals surface area contributed by atoms with Gasteiger partial charge in [-0.1, -0.05) is 6.07 Å². The van der Waals surface area contributed by atoms with Crippen molar-refractivity contribution in [3.63, 3.8) is 0 Å². The molecule has 1 aliphatic rings. The number of carboxylic acid groups (broad SMARTS) is 1. The van der Waals surface area contributed by atoms with Gasteiger partial charge in [0.15, 0.2) is 11.5 Å². The minimum Gasteiger partial charge on any atom is -0.504 e. The first-order valence-electron chi connectivity index (χ1n) is 6.59. The van der Waals surface area contributed by atoms with E-state index in [1.54, 1.807) is 11.8 Å². The zero-order valence-electron chi connectivity index (χ0n) is 11.3. The number of aromatic hydroxyl groups is 2. The molecule has 114 valence electrons. The van der Waals surface area contributed by atoms with E-state index < -0.39 is 12.0 Å². The van der Waals surface area contributed by atoms with Crippen LogP contribution < -0.4 is 5.32 Å². The molecule has 1 fully saturated rings. The van der Waals surface area contributed by atoms with Crippen molar-refractivity contribution in [2.75, 3.05) is 11.5 Å². The molecule has 1 heterocycles. The molecule has 7 heteroatoms. The van der Waals surface area contributed by atoms with Gasteiger partial charge in [-0.2, -0.15) is 11.8 Å². The van der Waals surface area contributed by atoms with Crippen LogP contribution in [0, 0.1) is 5.92 Å². The number of carbonyl (C=O) groups is 2. The summed E-state index contributed by atoms with van der Waals surface area (Å²) in [5.74, 6) is -0.436. The molecule has 0 bridgehead atoms. The molecule has 0 spiro atoms. The average Bonchev–Trinajstić information content (AvgIpc) is 2.96. The van der Waals surface area contributed by atoms with Crippen LogP contribution in [-0.2, 0) is 16.0 Å². The number of thioether (sulfide) groups is 1. The second kappa shape index (κ2) is 6.71. The molecule has 2 atom stereocenters. The summed E-state index contributed by atoms with van der Waals surface area (Å²) in [7, 11) is 0. The molecule has 0 aromatic heterocycles. The van der Waals surface area contributed by atoms with Crippen molar-refractivity contribution < 1.29 is 24.9 Å². The fourth-order valence-corrected chi connectivity index (χ4v) is 3.38. The third-order valence-electron chi connectivity index (χ3n) is 3.39. The first-order valence-corrected chi connectivity index (χ1v) is 7.74. The molecular weight excluding hydrogens is 294 g/mol. The Bertz CT molecular complexity index is 542. The molecule has 1 amide bonds. The van der Waals surface area contributed by atoms with Crippen molar-refractivity contribution in [3.8, 4) is 11.5 Å². The number of phenols is 2. The Kier molecular flexibility index (Phi) is 4.95. The number of benzene rings is 1. The maximum Gasteiger partial charge on any atom is 0.326 e. The van der Waals surface area contributed by atoms with Gasteiger partial charge < -0.3 is 20.6 Å². The zero-order valence-corrected chi connectivity index (χ0v) is 12.1. The van der Waals surface area contributed by atoms with Crippen molar-refractivity contribution in [2.24, 2.45) is 5.92 Å². The van der Waals surface area contributed by atoms with Crippen LogP contribution in [0.3, 0.4) is 0 Å². The van der Waals surface area contributed by atoms with Crippen LogP contribution in [0.1, 0.15) is 12.0 Å². The predicted octanol–water partition coefficient (Wildman–Crippen LogP) is 0.963. The Hall–Kier alpha value is -1.89. The second-order valence-corrected chi connectivity index (χ2v) is 6.14. The fourth-order valence-electron chi connectivity index (χ4n) is 2.16. The highest BCUT2D eigenvalue weighted by Crippen LogP contribution is 2.26. The third-order valence-corrected chi connectivity index (χ3v) is 4.56. The highest BCUT2D eigenvalue weighted by Gasteiger charge is 2.28. The molecule has 21 heavy (non-hydrogen) atoms. The summed E-state index contributed by atoms with van der Waals surface area (Å²) in [4.78, 5) is 23.3. The maximum atomic E-state index is 12.0. The highest BCUT2D eigenvalue weighted by molar-refractivity contribution is 7.99. The molecule has 1 aromatic rings. The number of rotatable bonds is 5. The smallest absolute Gasteiger partial charge is 0.326 e. The zero-order chi connectivity index (χ0) is 15.4. The Morgan fingerprint density at radius 3 is 2.67 bits per heavy atom. The molecule has 6 nitrogen and oxygen atoms in total. The van der Waals surface area contributed by atoms with E-state index in [1.165, 1.54) is 18.2 Å². The van der Waals surface area contributed by atoms with E-state index in [2.05, 4.69) is 5.32 Å². The summed E-state index contributed by atoms with van der Waals surface area (Å²) in [6.07, 6.45) is 0.817. The number of nitrogens with one attached hydrogen (secondary N) is 1. The number of carboxylic acids is 1. The van der Waals surface area contributed by atoms with Crippen LogP contribution in [0.15, 0.2) is 18.2 Å². The SMILES string of the molecule is O=C(NC(Cc1ccc(O)c(O)c1)C(=O)O)C1CCSC1. The number of hydrogen-bond acceptors (Lipinski definition) is 5. The summed E-state index contributed by atoms with van der Waals surface area (Å²) < 4.78 is 0. The van der Waals surface area contributed by atoms with Crippen LogP contribution in [0.2, 0.25) is 0 Å². The lowest BCUT2D eigenvalue weighted by molar-refractivity contribution is -0.142. The lowest BCUT2D eigenvalue weighted by Crippen LogP contribution is -2.45. The van der Waals surface area contributed by atoms with Gasteiger partial charge >= 0.3 is 5.97 Å². The lowest BCUT2D eigenvalue weighted by Gasteiger charge is -2.17. The van der Waals surface area contributed by atoms with Crippen LogP contribution in [0.5, 0.6) is 11.5 Å². The summed E-state index contributed by atoms with van der Waals surface area (Å²) in [6, 6.07) is 3.05. The minimum atomic E-state index is -1.12. The van der Waals surface area contributed by atoms with E-state index >= 15 is 0 Å². The number of phenolic OH excluding ortho intramolecular Hbond substituents is 2. The molecule has 0 aliphatic carbocycles. The largest absolute Gasteiger partial charge is 0.504 e. The van der Waals surface area contributed by atoms with E-state index in [9.17, 15) is 24.9 Å². The van der Waals surface area contributed by atoms with Gasteiger partial charge in [0, 0.05) is 18.1 Å². The van der Waals surface area contributed by atoms with Gasteiger partial charge in [0.1, 0.15) is 6.04 Å². The summed E-state index contributed by atoms with van der Waals surface area (Å²) in [5.41, 5.74) is 0.527. The number of carbonyl (C=O) groups excluding carboxylic acids is 1. The first kappa shape index (κ1) is 15.5. The average molecular weight is 311 g/mol. The van der Waals surface area contributed by atoms with Crippen LogP contribution in [0.25, 0.3) is 0 Å². The van der Waals surface area contributed by atoms with E-state index in [0.29, 0.717) is 5.56 Å². The number of aliphatic carboxylic acids is 1. The van der Waals surface area contributed by atoms with Gasteiger partial charge in [-0.05, 0) is 29.9 Å². The Morgan fingerprint density at radius 1 is 1.33 bits per heavy atom. The van der Waals surface area contributed by atoms with Crippen molar-refractivity contribution in [3.05, 3.63) is 23.8 Å². The van der Waals surface area contributed by atoms with Crippen molar-refractivity contribution >= 4 is 23.6 Å². The standard InChI is InChI=1S/C14H17NO5S/c16-11-2-1-8(6-12(11)17)5-10(14(19)20)15-13(18)9-3-4-21-7-9/h1-2,6,9-10,16-17H,3-5,7H2,(H,15,18)(H,19,20). The first-order chi connectivity index (χ1) is 9.97. The molecular formula is C14H17NO5S. The van der Waals surface area contributed by atoms with Gasteiger partial charge in [0.25, 0.3) is 0 Å². The van der Waals surface area contributed by atoms with Gasteiger partial charge in [0.2, 0.25) is 5.91 Å². The van der Waals surface area contributed by atoms with E-state index in [1.807, 2.05) is 0 Å². The quantitative estimate of drug-likeness (QED) is 0.604. The summed E-state index contributed by atoms with van der Waals surface area (Å²) >= 11 is 1.68. The van der Waals surface area contributed by atoms with E-state index in [-0.39, 0.29) is 29.7 Å². The fraction of sp³-hybridized carbons (Fsp3) is 0.429. The molecule has 2 unspecified atom stereocenters. The maximum absolute atomic E-state index is 12.0. The molecule has 1 saturated heterocycles. The Balaban J connectivity index is 2.03. The molecule has 4 N–H and O–H groups in total. The molecule has 1 aromatic carbocycles. The third kappa shape index (κ3) is 4.04. The van der Waals surface area contributed by atoms with Crippen molar-refractivity contribution in [1.82, 2.24) is 5.32 Å². The van der Waals surface area contributed by atoms with Gasteiger partial charge in [0.05, 0.1) is 0 Å². The van der Waals surface area contributed by atoms with Gasteiger partial charge in [-0.15, -0.1) is 0 Å². The van der Waals surface area contributed by atoms with Gasteiger partial charge in [-0.3, -0.25) is 4.79 Å². The van der Waals surface area contributed by atoms with Crippen molar-refractivity contribution in [2.45, 2.75) is 18.9 Å². The molecule has 1 aliphatic heterocycles. The van der Waals surface area contributed by atoms with E-state index in [0.717, 1.165) is 17.9 Å². The topological polar surface area (TPSA) is 107 Å². The van der Waals surface area contributed by atoms with E-state index in [4.69, 9.17) is 0 Å². The summed E-state index contributed by atoms with van der Waals surface area (Å²) in [5, 5.41) is 30.4. The number of hydrogen-bond donors (Lipinski definition) is 4. The molecule has 0 saturated carbocycles. The number of amides is 1. The van der Waals surface area contributed by atoms with Crippen LogP contribution in [0.4, 0.5) is 0 Å². The van der Waals surface area contributed by atoms with Gasteiger partial charge in [-0.25, -0.2) is 4.79 Å². The molecule has 2 rings (SSSR count). The Morgan fingerprint density at radius 2 is 2.10 bits per heavy atom. The van der Waals surface area contributed by atoms with Crippen LogP contribution >= 0.6 is 11.8 Å². The monoisotopic (exact) mass is 311 g/mol. The summed E-state index contributed by atoms with van der Waals surface area (Å²) in [6.45, 7) is 0. The highest BCUT2D eigenvalue weighted by atomic mass is 32.2. The predicted molar refractivity (Wildman–Crippen MR) is 78.5 cm³/mol. The Labute approximate surface area is 126 Å². The second-order valence-electron chi connectivity index (χ2n) is 4.99. The lowest BCUT2D eigenvalue weighted by atomic mass is 10.0.